The molecule has 0 aliphatic rings. The van der Waals surface area contributed by atoms with Gasteiger partial charge < -0.3 is 18.9 Å². The van der Waals surface area contributed by atoms with E-state index in [9.17, 15) is 4.79 Å². The molecule has 0 radical (unpaired) electrons. The van der Waals surface area contributed by atoms with Gasteiger partial charge in [0.15, 0.2) is 0 Å². The first-order valence-electron chi connectivity index (χ1n) is 7.61. The molecule has 0 aliphatic carbocycles. The van der Waals surface area contributed by atoms with Gasteiger partial charge in [-0.3, -0.25) is 9.78 Å². The van der Waals surface area contributed by atoms with Crippen LogP contribution in [0.15, 0.2) is 29.3 Å². The first-order chi connectivity index (χ1) is 11.6. The number of hydrogen-bond donors (Lipinski definition) is 1. The van der Waals surface area contributed by atoms with Crippen LogP contribution in [0.25, 0.3) is 27.5 Å². The molecule has 4 rings (SSSR count). The second-order valence-corrected chi connectivity index (χ2v) is 5.78. The van der Waals surface area contributed by atoms with Crippen molar-refractivity contribution in [1.29, 1.82) is 0 Å². The van der Waals surface area contributed by atoms with Crippen LogP contribution in [-0.4, -0.2) is 28.6 Å². The van der Waals surface area contributed by atoms with Crippen LogP contribution in [0.5, 0.6) is 11.5 Å². The summed E-state index contributed by atoms with van der Waals surface area (Å²) in [6.45, 7) is 3.93. The van der Waals surface area contributed by atoms with E-state index >= 15 is 0 Å². The number of H-pyrrole nitrogens is 1. The summed E-state index contributed by atoms with van der Waals surface area (Å²) < 4.78 is 13.1. The lowest BCUT2D eigenvalue weighted by molar-refractivity contribution is 0.403. The minimum absolute atomic E-state index is 0.209. The number of rotatable bonds is 2. The van der Waals surface area contributed by atoms with Crippen molar-refractivity contribution in [3.63, 3.8) is 0 Å². The van der Waals surface area contributed by atoms with Gasteiger partial charge in [-0.05, 0) is 37.1 Å². The summed E-state index contributed by atoms with van der Waals surface area (Å²) in [5.74, 6) is 1.36. The molecule has 1 N–H and O–H groups in total. The smallest absolute Gasteiger partial charge is 0.275 e. The van der Waals surface area contributed by atoms with Gasteiger partial charge in [0.2, 0.25) is 0 Å². The zero-order chi connectivity index (χ0) is 17.0. The van der Waals surface area contributed by atoms with Gasteiger partial charge >= 0.3 is 0 Å². The predicted octanol–water partition coefficient (Wildman–Crippen LogP) is 2.96. The number of hydrogen-bond acceptors (Lipinski definition) is 4. The highest BCUT2D eigenvalue weighted by molar-refractivity contribution is 6.00. The number of benzene rings is 1. The molecule has 0 unspecified atom stereocenters. The van der Waals surface area contributed by atoms with E-state index in [0.717, 1.165) is 22.0 Å². The van der Waals surface area contributed by atoms with Crippen molar-refractivity contribution in [2.45, 2.75) is 13.8 Å². The summed E-state index contributed by atoms with van der Waals surface area (Å²) in [5.41, 5.74) is 4.26. The third-order valence-electron chi connectivity index (χ3n) is 4.60. The van der Waals surface area contributed by atoms with E-state index in [2.05, 4.69) is 9.97 Å². The molecular formula is C18H17N3O3. The standard InChI is InChI=1S/C18H17N3O3/c1-9-10(2)17(24-4)14-13(16(9)23-3)20-18(22)15-12-11(8-21(14)15)6-5-7-19-12/h5-8H,1-4H3,(H,20,22). The predicted molar refractivity (Wildman–Crippen MR) is 93.4 cm³/mol. The van der Waals surface area contributed by atoms with Crippen LogP contribution in [-0.2, 0) is 0 Å². The number of nitrogens with zero attached hydrogens (tertiary/aromatic N) is 2. The van der Waals surface area contributed by atoms with E-state index < -0.39 is 0 Å². The number of ether oxygens (including phenoxy) is 2. The maximum atomic E-state index is 12.7. The zero-order valence-electron chi connectivity index (χ0n) is 13.9. The largest absolute Gasteiger partial charge is 0.494 e. The number of methoxy groups -OCH3 is 2. The summed E-state index contributed by atoms with van der Waals surface area (Å²) >= 11 is 0. The Balaban J connectivity index is 2.39. The molecule has 0 atom stereocenters. The van der Waals surface area contributed by atoms with E-state index in [1.54, 1.807) is 20.4 Å². The van der Waals surface area contributed by atoms with Gasteiger partial charge in [0.25, 0.3) is 5.56 Å². The summed E-state index contributed by atoms with van der Waals surface area (Å²) in [7, 11) is 3.23. The van der Waals surface area contributed by atoms with Gasteiger partial charge in [-0.15, -0.1) is 0 Å². The first kappa shape index (κ1) is 14.6. The molecule has 0 amide bonds. The number of fused-ring (bicyclic) bond motifs is 5. The van der Waals surface area contributed by atoms with Gasteiger partial charge in [0, 0.05) is 17.8 Å². The van der Waals surface area contributed by atoms with Crippen molar-refractivity contribution in [2.75, 3.05) is 14.2 Å². The number of nitrogens with one attached hydrogen (secondary N) is 1. The van der Waals surface area contributed by atoms with Gasteiger partial charge in [0.1, 0.15) is 33.6 Å². The molecule has 3 aromatic heterocycles. The topological polar surface area (TPSA) is 68.6 Å². The van der Waals surface area contributed by atoms with E-state index in [0.29, 0.717) is 28.0 Å². The second kappa shape index (κ2) is 4.99. The van der Waals surface area contributed by atoms with Crippen molar-refractivity contribution in [3.05, 3.63) is 46.0 Å². The summed E-state index contributed by atoms with van der Waals surface area (Å²) in [5, 5.41) is 0.898. The summed E-state index contributed by atoms with van der Waals surface area (Å²) in [6, 6.07) is 3.79. The number of aromatic amines is 1. The van der Waals surface area contributed by atoms with Crippen molar-refractivity contribution in [3.8, 4) is 11.5 Å². The third-order valence-corrected chi connectivity index (χ3v) is 4.60. The number of aromatic nitrogens is 3. The molecule has 24 heavy (non-hydrogen) atoms. The Kier molecular flexibility index (Phi) is 3.03. The van der Waals surface area contributed by atoms with E-state index in [1.807, 2.05) is 36.6 Å². The highest BCUT2D eigenvalue weighted by Gasteiger charge is 2.21. The number of pyridine rings is 1. The minimum atomic E-state index is -0.209. The lowest BCUT2D eigenvalue weighted by Gasteiger charge is -2.17. The molecule has 3 heterocycles. The normalized spacial score (nSPS) is 11.5. The average Bonchev–Trinajstić information content (AvgIpc) is 2.97. The molecule has 0 saturated heterocycles. The fourth-order valence-corrected chi connectivity index (χ4v) is 3.38. The van der Waals surface area contributed by atoms with Crippen LogP contribution in [0, 0.1) is 13.8 Å². The van der Waals surface area contributed by atoms with Crippen LogP contribution >= 0.6 is 0 Å². The Hall–Kier alpha value is -3.02. The lowest BCUT2D eigenvalue weighted by atomic mass is 10.1. The summed E-state index contributed by atoms with van der Waals surface area (Å²) in [6.07, 6.45) is 3.59. The molecule has 122 valence electrons. The van der Waals surface area contributed by atoms with Crippen molar-refractivity contribution >= 4 is 27.5 Å². The Morgan fingerprint density at radius 2 is 1.79 bits per heavy atom. The zero-order valence-corrected chi connectivity index (χ0v) is 13.9. The van der Waals surface area contributed by atoms with Crippen LogP contribution in [0.4, 0.5) is 0 Å². The van der Waals surface area contributed by atoms with Gasteiger partial charge in [-0.2, -0.15) is 0 Å². The van der Waals surface area contributed by atoms with Crippen LogP contribution in [0.3, 0.4) is 0 Å². The van der Waals surface area contributed by atoms with E-state index in [-0.39, 0.29) is 5.56 Å². The van der Waals surface area contributed by atoms with Gasteiger partial charge in [0.05, 0.1) is 14.2 Å². The fraction of sp³-hybridized carbons (Fsp3) is 0.222. The monoisotopic (exact) mass is 323 g/mol. The molecule has 0 saturated carbocycles. The first-order valence-corrected chi connectivity index (χ1v) is 7.61. The maximum Gasteiger partial charge on any atom is 0.275 e. The molecule has 0 bridgehead atoms. The maximum absolute atomic E-state index is 12.7. The van der Waals surface area contributed by atoms with Crippen molar-refractivity contribution < 1.29 is 9.47 Å². The molecule has 0 fully saturated rings. The SMILES string of the molecule is COc1c(C)c(C)c(OC)c2c1[nH]c(=O)c1c3ncccc3cn21. The second-order valence-electron chi connectivity index (χ2n) is 5.78. The molecule has 6 heteroatoms. The van der Waals surface area contributed by atoms with Gasteiger partial charge in [-0.1, -0.05) is 0 Å². The van der Waals surface area contributed by atoms with Crippen LogP contribution < -0.4 is 15.0 Å². The molecular weight excluding hydrogens is 306 g/mol. The molecule has 6 nitrogen and oxygen atoms in total. The van der Waals surface area contributed by atoms with E-state index in [4.69, 9.17) is 9.47 Å². The van der Waals surface area contributed by atoms with Crippen LogP contribution in [0.1, 0.15) is 11.1 Å². The average molecular weight is 323 g/mol. The minimum Gasteiger partial charge on any atom is -0.494 e. The fourth-order valence-electron chi connectivity index (χ4n) is 3.38. The van der Waals surface area contributed by atoms with Crippen molar-refractivity contribution in [2.24, 2.45) is 0 Å². The Morgan fingerprint density at radius 3 is 2.50 bits per heavy atom. The Labute approximate surface area is 137 Å². The Bertz CT molecular complexity index is 1170. The molecule has 4 aromatic rings. The van der Waals surface area contributed by atoms with Crippen molar-refractivity contribution in [1.82, 2.24) is 14.4 Å². The molecule has 0 aliphatic heterocycles. The third kappa shape index (κ3) is 1.71. The van der Waals surface area contributed by atoms with Crippen LogP contribution in [0.2, 0.25) is 0 Å². The lowest BCUT2D eigenvalue weighted by Crippen LogP contribution is -2.12. The van der Waals surface area contributed by atoms with E-state index in [1.165, 1.54) is 0 Å². The molecule has 0 spiro atoms. The Morgan fingerprint density at radius 1 is 1.08 bits per heavy atom. The molecule has 1 aromatic carbocycles. The van der Waals surface area contributed by atoms with Gasteiger partial charge in [-0.25, -0.2) is 0 Å². The highest BCUT2D eigenvalue weighted by atomic mass is 16.5. The quantitative estimate of drug-likeness (QED) is 0.616. The summed E-state index contributed by atoms with van der Waals surface area (Å²) in [4.78, 5) is 20.0. The highest BCUT2D eigenvalue weighted by Crippen LogP contribution is 2.39.